The van der Waals surface area contributed by atoms with Crippen LogP contribution < -0.4 is 5.32 Å². The first-order chi connectivity index (χ1) is 19.6. The first kappa shape index (κ1) is 23.4. The van der Waals surface area contributed by atoms with Crippen molar-refractivity contribution >= 4 is 33.7 Å². The van der Waals surface area contributed by atoms with Gasteiger partial charge in [0.2, 0.25) is 0 Å². The number of hydrogen-bond acceptors (Lipinski definition) is 6. The molecule has 5 heterocycles. The normalized spacial score (nSPS) is 11.2. The fraction of sp³-hybridized carbons (Fsp3) is 0. The van der Waals surface area contributed by atoms with Gasteiger partial charge >= 0.3 is 0 Å². The minimum absolute atomic E-state index is 0.220. The Hall–Kier alpha value is -5.77. The number of nitrogens with one attached hydrogen (secondary N) is 3. The molecule has 3 N–H and O–H groups in total. The monoisotopic (exact) mass is 526 g/mol. The maximum absolute atomic E-state index is 13.9. The van der Waals surface area contributed by atoms with Crippen molar-refractivity contribution in [3.8, 4) is 33.8 Å². The van der Waals surface area contributed by atoms with Crippen LogP contribution in [-0.2, 0) is 0 Å². The number of imidazole rings is 1. The van der Waals surface area contributed by atoms with Gasteiger partial charge in [0.25, 0.3) is 5.91 Å². The van der Waals surface area contributed by atoms with Gasteiger partial charge < -0.3 is 10.3 Å². The number of anilines is 1. The van der Waals surface area contributed by atoms with Gasteiger partial charge in [-0.2, -0.15) is 5.10 Å². The van der Waals surface area contributed by atoms with Gasteiger partial charge in [-0.15, -0.1) is 0 Å². The summed E-state index contributed by atoms with van der Waals surface area (Å²) >= 11 is 0. The SMILES string of the molecule is O=C(Nc1cncc(-c2cnc3[nH]nc(-c4nc5c(-c6cccc(F)c6)cncc5[nH]4)c3c2)c1)c1ccccc1. The van der Waals surface area contributed by atoms with Crippen molar-refractivity contribution in [3.63, 3.8) is 0 Å². The van der Waals surface area contributed by atoms with E-state index in [2.05, 4.69) is 35.5 Å². The number of nitrogens with zero attached hydrogens (tertiary/aromatic N) is 5. The van der Waals surface area contributed by atoms with Crippen molar-refractivity contribution in [1.29, 1.82) is 0 Å². The first-order valence-corrected chi connectivity index (χ1v) is 12.4. The molecule has 2 aromatic carbocycles. The van der Waals surface area contributed by atoms with Crippen LogP contribution in [0, 0.1) is 5.82 Å². The first-order valence-electron chi connectivity index (χ1n) is 12.4. The van der Waals surface area contributed by atoms with E-state index < -0.39 is 0 Å². The molecular formula is C30H19FN8O. The Bertz CT molecular complexity index is 2030. The number of halogens is 1. The van der Waals surface area contributed by atoms with Crippen molar-refractivity contribution in [2.24, 2.45) is 0 Å². The number of carbonyl (C=O) groups excluding carboxylic acids is 1. The topological polar surface area (TPSA) is 125 Å². The number of hydrogen-bond donors (Lipinski definition) is 3. The van der Waals surface area contributed by atoms with Crippen LogP contribution in [0.15, 0.2) is 97.7 Å². The van der Waals surface area contributed by atoms with Gasteiger partial charge in [0.05, 0.1) is 34.5 Å². The van der Waals surface area contributed by atoms with Gasteiger partial charge in [-0.25, -0.2) is 14.4 Å². The third-order valence-electron chi connectivity index (χ3n) is 6.54. The van der Waals surface area contributed by atoms with Crippen LogP contribution >= 0.6 is 0 Å². The Kier molecular flexibility index (Phi) is 5.56. The molecule has 0 saturated heterocycles. The summed E-state index contributed by atoms with van der Waals surface area (Å²) in [6.45, 7) is 0. The maximum Gasteiger partial charge on any atom is 0.255 e. The van der Waals surface area contributed by atoms with Gasteiger partial charge in [-0.1, -0.05) is 30.3 Å². The van der Waals surface area contributed by atoms with Crippen molar-refractivity contribution < 1.29 is 9.18 Å². The van der Waals surface area contributed by atoms with Crippen molar-refractivity contribution in [3.05, 3.63) is 109 Å². The minimum atomic E-state index is -0.333. The minimum Gasteiger partial charge on any atom is -0.335 e. The van der Waals surface area contributed by atoms with E-state index >= 15 is 0 Å². The van der Waals surface area contributed by atoms with Crippen molar-refractivity contribution in [2.45, 2.75) is 0 Å². The summed E-state index contributed by atoms with van der Waals surface area (Å²) in [4.78, 5) is 33.9. The third-order valence-corrected chi connectivity index (χ3v) is 6.54. The fourth-order valence-corrected chi connectivity index (χ4v) is 4.61. The van der Waals surface area contributed by atoms with E-state index in [0.29, 0.717) is 50.6 Å². The quantitative estimate of drug-likeness (QED) is 0.252. The summed E-state index contributed by atoms with van der Waals surface area (Å²) in [5.41, 5.74) is 6.58. The van der Waals surface area contributed by atoms with Gasteiger partial charge in [-0.05, 0) is 42.0 Å². The van der Waals surface area contributed by atoms with E-state index in [-0.39, 0.29) is 11.7 Å². The van der Waals surface area contributed by atoms with Crippen LogP contribution in [0.5, 0.6) is 0 Å². The number of aromatic amines is 2. The van der Waals surface area contributed by atoms with Crippen LogP contribution in [0.25, 0.3) is 55.8 Å². The average Bonchev–Trinajstić information content (AvgIpc) is 3.61. The Labute approximate surface area is 226 Å². The molecule has 0 atom stereocenters. The van der Waals surface area contributed by atoms with Crippen LogP contribution in [0.3, 0.4) is 0 Å². The molecule has 10 heteroatoms. The zero-order chi connectivity index (χ0) is 27.1. The van der Waals surface area contributed by atoms with Crippen molar-refractivity contribution in [1.82, 2.24) is 35.1 Å². The van der Waals surface area contributed by atoms with Gasteiger partial charge in [0.1, 0.15) is 11.5 Å². The Morgan fingerprint density at radius 3 is 2.55 bits per heavy atom. The average molecular weight is 527 g/mol. The molecule has 0 saturated carbocycles. The molecule has 0 radical (unpaired) electrons. The lowest BCUT2D eigenvalue weighted by molar-refractivity contribution is 0.102. The van der Waals surface area contributed by atoms with Gasteiger partial charge in [0.15, 0.2) is 11.5 Å². The highest BCUT2D eigenvalue weighted by Gasteiger charge is 2.17. The maximum atomic E-state index is 13.9. The van der Waals surface area contributed by atoms with Crippen LogP contribution in [0.1, 0.15) is 10.4 Å². The molecule has 0 spiro atoms. The van der Waals surface area contributed by atoms with E-state index in [1.54, 1.807) is 49.2 Å². The van der Waals surface area contributed by atoms with E-state index in [4.69, 9.17) is 4.98 Å². The highest BCUT2D eigenvalue weighted by molar-refractivity contribution is 6.04. The number of H-pyrrole nitrogens is 2. The molecule has 0 bridgehead atoms. The predicted octanol–water partition coefficient (Wildman–Crippen LogP) is 6.02. The Balaban J connectivity index is 1.25. The Morgan fingerprint density at radius 1 is 0.825 bits per heavy atom. The summed E-state index contributed by atoms with van der Waals surface area (Å²) in [5.74, 6) is -0.0320. The van der Waals surface area contributed by atoms with Crippen LogP contribution in [-0.4, -0.2) is 41.0 Å². The smallest absolute Gasteiger partial charge is 0.255 e. The summed E-state index contributed by atoms with van der Waals surface area (Å²) in [6, 6.07) is 19.1. The number of aromatic nitrogens is 7. The molecule has 5 aromatic heterocycles. The largest absolute Gasteiger partial charge is 0.335 e. The molecule has 40 heavy (non-hydrogen) atoms. The zero-order valence-corrected chi connectivity index (χ0v) is 20.8. The lowest BCUT2D eigenvalue weighted by atomic mass is 10.1. The molecule has 192 valence electrons. The van der Waals surface area contributed by atoms with Gasteiger partial charge in [-0.3, -0.25) is 19.9 Å². The molecule has 0 aliphatic carbocycles. The Morgan fingerprint density at radius 2 is 1.68 bits per heavy atom. The standard InChI is InChI=1S/C30H19FN8O/c31-21-8-4-7-18(9-21)24-15-33-16-25-26(24)37-29(36-25)27-23-11-20(13-34-28(23)39-38-27)19-10-22(14-32-12-19)35-30(40)17-5-2-1-3-6-17/h1-16H,(H,35,40)(H,36,37)(H,34,38,39). The van der Waals surface area contributed by atoms with E-state index in [1.165, 1.54) is 12.1 Å². The molecule has 0 unspecified atom stereocenters. The number of rotatable bonds is 5. The highest BCUT2D eigenvalue weighted by Crippen LogP contribution is 2.32. The molecule has 0 aliphatic heterocycles. The predicted molar refractivity (Wildman–Crippen MR) is 150 cm³/mol. The van der Waals surface area contributed by atoms with Crippen molar-refractivity contribution in [2.75, 3.05) is 5.32 Å². The number of benzene rings is 2. The summed E-state index contributed by atoms with van der Waals surface area (Å²) in [7, 11) is 0. The second-order valence-corrected chi connectivity index (χ2v) is 9.15. The summed E-state index contributed by atoms with van der Waals surface area (Å²) in [5, 5.41) is 11.1. The third kappa shape index (κ3) is 4.23. The molecule has 0 fully saturated rings. The second kappa shape index (κ2) is 9.52. The molecule has 7 aromatic rings. The lowest BCUT2D eigenvalue weighted by Gasteiger charge is -2.07. The van der Waals surface area contributed by atoms with Gasteiger partial charge in [0, 0.05) is 40.8 Å². The molecule has 9 nitrogen and oxygen atoms in total. The lowest BCUT2D eigenvalue weighted by Crippen LogP contribution is -2.11. The zero-order valence-electron chi connectivity index (χ0n) is 20.8. The molecule has 1 amide bonds. The number of pyridine rings is 3. The van der Waals surface area contributed by atoms with E-state index in [1.807, 2.05) is 36.4 Å². The fourth-order valence-electron chi connectivity index (χ4n) is 4.61. The number of amides is 1. The number of fused-ring (bicyclic) bond motifs is 2. The number of carbonyl (C=O) groups is 1. The second-order valence-electron chi connectivity index (χ2n) is 9.15. The summed E-state index contributed by atoms with van der Waals surface area (Å²) in [6.07, 6.45) is 8.36. The van der Waals surface area contributed by atoms with E-state index in [0.717, 1.165) is 16.5 Å². The molecular weight excluding hydrogens is 507 g/mol. The highest BCUT2D eigenvalue weighted by atomic mass is 19.1. The van der Waals surface area contributed by atoms with Crippen LogP contribution in [0.4, 0.5) is 10.1 Å². The molecule has 7 rings (SSSR count). The van der Waals surface area contributed by atoms with Crippen LogP contribution in [0.2, 0.25) is 0 Å². The van der Waals surface area contributed by atoms with E-state index in [9.17, 15) is 9.18 Å². The summed E-state index contributed by atoms with van der Waals surface area (Å²) < 4.78 is 13.9. The molecule has 0 aliphatic rings.